The second-order valence-corrected chi connectivity index (χ2v) is 8.01. The Morgan fingerprint density at radius 1 is 1.29 bits per heavy atom. The molecule has 2 amide bonds. The van der Waals surface area contributed by atoms with Crippen molar-refractivity contribution in [3.8, 4) is 5.75 Å². The molecule has 3 rings (SSSR count). The summed E-state index contributed by atoms with van der Waals surface area (Å²) in [4.78, 5) is 26.1. The summed E-state index contributed by atoms with van der Waals surface area (Å²) in [6, 6.07) is 5.97. The Morgan fingerprint density at radius 2 is 2.07 bits per heavy atom. The van der Waals surface area contributed by atoms with Crippen molar-refractivity contribution in [1.29, 1.82) is 0 Å². The number of carbonyl (C=O) groups excluding carboxylic acids is 2. The molecule has 1 fully saturated rings. The number of ether oxygens (including phenoxy) is 1. The fourth-order valence-corrected chi connectivity index (χ4v) is 4.14. The molecule has 2 aliphatic rings. The molecule has 1 saturated carbocycles. The Balaban J connectivity index is 1.46. The third-order valence-electron chi connectivity index (χ3n) is 5.57. The summed E-state index contributed by atoms with van der Waals surface area (Å²) in [6.45, 7) is 2.63. The lowest BCUT2D eigenvalue weighted by Crippen LogP contribution is -2.45. The molecule has 0 aromatic heterocycles. The number of aryl methyl sites for hydroxylation is 1. The van der Waals surface area contributed by atoms with Crippen molar-refractivity contribution >= 4 is 17.5 Å². The van der Waals surface area contributed by atoms with Gasteiger partial charge in [-0.15, -0.1) is 0 Å². The van der Waals surface area contributed by atoms with Crippen LogP contribution in [0.25, 0.3) is 0 Å². The summed E-state index contributed by atoms with van der Waals surface area (Å²) in [5.41, 5.74) is 1.95. The minimum absolute atomic E-state index is 0.0550. The van der Waals surface area contributed by atoms with Crippen LogP contribution in [0.1, 0.15) is 63.9 Å². The SMILES string of the molecule is CC(O)CN(C(=O)CCCOc1ccc2c(c1)CCC(=O)N2)C1CCCCC1. The number of hydrogen-bond acceptors (Lipinski definition) is 4. The molecule has 0 radical (unpaired) electrons. The standard InChI is InChI=1S/C22H32N2O4/c1-16(25)15-24(18-6-3-2-4-7-18)22(27)8-5-13-28-19-10-11-20-17(14-19)9-12-21(26)23-20/h10-11,14,16,18,25H,2-9,12-13,15H2,1H3,(H,23,26). The minimum atomic E-state index is -0.502. The number of benzene rings is 1. The van der Waals surface area contributed by atoms with Gasteiger partial charge in [-0.25, -0.2) is 0 Å². The molecule has 1 aliphatic heterocycles. The van der Waals surface area contributed by atoms with Gasteiger partial charge in [-0.1, -0.05) is 19.3 Å². The lowest BCUT2D eigenvalue weighted by molar-refractivity contribution is -0.136. The number of carbonyl (C=O) groups is 2. The highest BCUT2D eigenvalue weighted by atomic mass is 16.5. The second kappa shape index (κ2) is 9.92. The van der Waals surface area contributed by atoms with Crippen LogP contribution in [-0.2, 0) is 16.0 Å². The fraction of sp³-hybridized carbons (Fsp3) is 0.636. The largest absolute Gasteiger partial charge is 0.494 e. The van der Waals surface area contributed by atoms with Crippen LogP contribution in [0.15, 0.2) is 18.2 Å². The van der Waals surface area contributed by atoms with E-state index in [1.165, 1.54) is 6.42 Å². The average molecular weight is 389 g/mol. The van der Waals surface area contributed by atoms with Crippen molar-refractivity contribution in [3.63, 3.8) is 0 Å². The van der Waals surface area contributed by atoms with E-state index in [1.54, 1.807) is 6.92 Å². The van der Waals surface area contributed by atoms with E-state index in [1.807, 2.05) is 23.1 Å². The first kappa shape index (κ1) is 20.6. The number of anilines is 1. The van der Waals surface area contributed by atoms with Gasteiger partial charge in [0.15, 0.2) is 0 Å². The smallest absolute Gasteiger partial charge is 0.224 e. The normalized spacial score (nSPS) is 18.1. The number of nitrogens with zero attached hydrogens (tertiary/aromatic N) is 1. The first-order valence-electron chi connectivity index (χ1n) is 10.6. The molecular formula is C22H32N2O4. The Kier molecular flexibility index (Phi) is 7.31. The van der Waals surface area contributed by atoms with Crippen molar-refractivity contribution in [1.82, 2.24) is 4.90 Å². The predicted octanol–water partition coefficient (Wildman–Crippen LogP) is 3.27. The molecule has 0 spiro atoms. The molecule has 1 unspecified atom stereocenters. The summed E-state index contributed by atoms with van der Waals surface area (Å²) in [6.07, 6.45) is 7.47. The van der Waals surface area contributed by atoms with Crippen LogP contribution >= 0.6 is 0 Å². The van der Waals surface area contributed by atoms with Crippen LogP contribution in [0.4, 0.5) is 5.69 Å². The van der Waals surface area contributed by atoms with Gasteiger partial charge in [-0.2, -0.15) is 0 Å². The maximum atomic E-state index is 12.7. The first-order chi connectivity index (χ1) is 13.5. The van der Waals surface area contributed by atoms with Crippen LogP contribution < -0.4 is 10.1 Å². The molecule has 6 heteroatoms. The van der Waals surface area contributed by atoms with Crippen molar-refractivity contribution in [2.75, 3.05) is 18.5 Å². The van der Waals surface area contributed by atoms with Crippen molar-refractivity contribution in [3.05, 3.63) is 23.8 Å². The van der Waals surface area contributed by atoms with E-state index in [-0.39, 0.29) is 17.9 Å². The van der Waals surface area contributed by atoms with E-state index in [0.717, 1.165) is 49.1 Å². The van der Waals surface area contributed by atoms with Gasteiger partial charge in [0.1, 0.15) is 5.75 Å². The molecular weight excluding hydrogens is 356 g/mol. The van der Waals surface area contributed by atoms with Crippen molar-refractivity contribution < 1.29 is 19.4 Å². The average Bonchev–Trinajstić information content (AvgIpc) is 2.69. The summed E-state index contributed by atoms with van der Waals surface area (Å²) in [7, 11) is 0. The number of fused-ring (bicyclic) bond motifs is 1. The monoisotopic (exact) mass is 388 g/mol. The van der Waals surface area contributed by atoms with Crippen LogP contribution in [0.5, 0.6) is 5.75 Å². The summed E-state index contributed by atoms with van der Waals surface area (Å²) < 4.78 is 5.82. The van der Waals surface area contributed by atoms with E-state index in [4.69, 9.17) is 4.74 Å². The summed E-state index contributed by atoms with van der Waals surface area (Å²) in [5, 5.41) is 12.7. The highest BCUT2D eigenvalue weighted by Crippen LogP contribution is 2.27. The minimum Gasteiger partial charge on any atom is -0.494 e. The van der Waals surface area contributed by atoms with Gasteiger partial charge in [0.05, 0.1) is 12.7 Å². The maximum Gasteiger partial charge on any atom is 0.224 e. The van der Waals surface area contributed by atoms with E-state index in [2.05, 4.69) is 5.32 Å². The van der Waals surface area contributed by atoms with Gasteiger partial charge in [0, 0.05) is 31.1 Å². The van der Waals surface area contributed by atoms with E-state index < -0.39 is 6.10 Å². The van der Waals surface area contributed by atoms with Crippen LogP contribution in [0.3, 0.4) is 0 Å². The van der Waals surface area contributed by atoms with Gasteiger partial charge in [0.25, 0.3) is 0 Å². The highest BCUT2D eigenvalue weighted by Gasteiger charge is 2.26. The first-order valence-corrected chi connectivity index (χ1v) is 10.6. The number of aliphatic hydroxyl groups is 1. The molecule has 2 N–H and O–H groups in total. The summed E-state index contributed by atoms with van der Waals surface area (Å²) in [5.74, 6) is 0.944. The molecule has 28 heavy (non-hydrogen) atoms. The summed E-state index contributed by atoms with van der Waals surface area (Å²) >= 11 is 0. The molecule has 0 saturated heterocycles. The Bertz CT molecular complexity index is 683. The highest BCUT2D eigenvalue weighted by molar-refractivity contribution is 5.94. The number of hydrogen-bond donors (Lipinski definition) is 2. The number of aliphatic hydroxyl groups excluding tert-OH is 1. The van der Waals surface area contributed by atoms with E-state index in [9.17, 15) is 14.7 Å². The van der Waals surface area contributed by atoms with Crippen LogP contribution in [-0.4, -0.2) is 47.1 Å². The maximum absolute atomic E-state index is 12.7. The van der Waals surface area contributed by atoms with E-state index >= 15 is 0 Å². The van der Waals surface area contributed by atoms with Gasteiger partial charge < -0.3 is 20.1 Å². The molecule has 1 aliphatic carbocycles. The molecule has 1 heterocycles. The van der Waals surface area contributed by atoms with Gasteiger partial charge in [0.2, 0.25) is 11.8 Å². The lowest BCUT2D eigenvalue weighted by atomic mass is 9.93. The zero-order valence-electron chi connectivity index (χ0n) is 16.8. The molecule has 1 aromatic carbocycles. The number of amides is 2. The third kappa shape index (κ3) is 5.71. The van der Waals surface area contributed by atoms with Crippen molar-refractivity contribution in [2.24, 2.45) is 0 Å². The molecule has 6 nitrogen and oxygen atoms in total. The van der Waals surface area contributed by atoms with Crippen molar-refractivity contribution in [2.45, 2.75) is 76.9 Å². The second-order valence-electron chi connectivity index (χ2n) is 8.01. The zero-order valence-corrected chi connectivity index (χ0v) is 16.8. The topological polar surface area (TPSA) is 78.9 Å². The number of rotatable bonds is 8. The molecule has 1 aromatic rings. The lowest BCUT2D eigenvalue weighted by Gasteiger charge is -2.35. The zero-order chi connectivity index (χ0) is 19.9. The quantitative estimate of drug-likeness (QED) is 0.670. The molecule has 1 atom stereocenters. The van der Waals surface area contributed by atoms with Crippen LogP contribution in [0, 0.1) is 0 Å². The predicted molar refractivity (Wildman–Crippen MR) is 108 cm³/mol. The molecule has 0 bridgehead atoms. The number of nitrogens with one attached hydrogen (secondary N) is 1. The fourth-order valence-electron chi connectivity index (χ4n) is 4.14. The third-order valence-corrected chi connectivity index (χ3v) is 5.57. The van der Waals surface area contributed by atoms with Gasteiger partial charge >= 0.3 is 0 Å². The van der Waals surface area contributed by atoms with Crippen LogP contribution in [0.2, 0.25) is 0 Å². The Hall–Kier alpha value is -2.08. The van der Waals surface area contributed by atoms with E-state index in [0.29, 0.717) is 32.4 Å². The molecule has 154 valence electrons. The van der Waals surface area contributed by atoms with Gasteiger partial charge in [-0.3, -0.25) is 9.59 Å². The Morgan fingerprint density at radius 3 is 2.82 bits per heavy atom. The van der Waals surface area contributed by atoms with Gasteiger partial charge in [-0.05, 0) is 56.4 Å². The Labute approximate surface area is 167 Å².